The lowest BCUT2D eigenvalue weighted by Gasteiger charge is -2.24. The molecule has 0 spiro atoms. The van der Waals surface area contributed by atoms with Crippen LogP contribution in [-0.2, 0) is 4.79 Å². The van der Waals surface area contributed by atoms with Crippen molar-refractivity contribution in [3.05, 3.63) is 54.1 Å². The Kier molecular flexibility index (Phi) is 6.24. The molecule has 1 saturated heterocycles. The first-order valence-electron chi connectivity index (χ1n) is 8.78. The van der Waals surface area contributed by atoms with Gasteiger partial charge in [0, 0.05) is 6.04 Å². The smallest absolute Gasteiger partial charge is 0.387 e. The van der Waals surface area contributed by atoms with Gasteiger partial charge in [0.15, 0.2) is 0 Å². The number of carbonyl (C=O) groups is 1. The van der Waals surface area contributed by atoms with Gasteiger partial charge in [-0.3, -0.25) is 9.69 Å². The summed E-state index contributed by atoms with van der Waals surface area (Å²) in [6.07, 6.45) is 1.94. The summed E-state index contributed by atoms with van der Waals surface area (Å²) in [7, 11) is 1.62. The van der Waals surface area contributed by atoms with Gasteiger partial charge in [-0.25, -0.2) is 0 Å². The van der Waals surface area contributed by atoms with E-state index in [1.165, 1.54) is 6.07 Å². The van der Waals surface area contributed by atoms with Crippen molar-refractivity contribution in [1.29, 1.82) is 0 Å². The second kappa shape index (κ2) is 8.81. The van der Waals surface area contributed by atoms with E-state index in [4.69, 9.17) is 4.74 Å². The summed E-state index contributed by atoms with van der Waals surface area (Å²) in [6.45, 7) is -1.98. The molecular weight excluding hydrogens is 354 g/mol. The van der Waals surface area contributed by atoms with Crippen LogP contribution < -0.4 is 14.8 Å². The Bertz CT molecular complexity index is 785. The number of nitrogens with zero attached hydrogens (tertiary/aromatic N) is 1. The molecule has 1 fully saturated rings. The highest BCUT2D eigenvalue weighted by Gasteiger charge is 2.28. The summed E-state index contributed by atoms with van der Waals surface area (Å²) in [5, 5.41) is 2.67. The van der Waals surface area contributed by atoms with Crippen LogP contribution in [0, 0.1) is 0 Å². The number of carbonyl (C=O) groups excluding carboxylic acids is 1. The number of nitrogens with one attached hydrogen (secondary N) is 1. The van der Waals surface area contributed by atoms with Crippen LogP contribution in [0.2, 0.25) is 0 Å². The van der Waals surface area contributed by atoms with Crippen molar-refractivity contribution in [2.45, 2.75) is 25.5 Å². The number of halogens is 2. The fourth-order valence-corrected chi connectivity index (χ4v) is 3.38. The fourth-order valence-electron chi connectivity index (χ4n) is 3.38. The van der Waals surface area contributed by atoms with Gasteiger partial charge >= 0.3 is 6.61 Å². The minimum absolute atomic E-state index is 0.0494. The minimum atomic E-state index is -2.95. The van der Waals surface area contributed by atoms with Crippen LogP contribution >= 0.6 is 0 Å². The van der Waals surface area contributed by atoms with Crippen LogP contribution in [0.1, 0.15) is 24.4 Å². The quantitative estimate of drug-likeness (QED) is 0.791. The van der Waals surface area contributed by atoms with E-state index in [9.17, 15) is 13.6 Å². The Hall–Kier alpha value is -2.67. The van der Waals surface area contributed by atoms with Gasteiger partial charge in [-0.1, -0.05) is 24.3 Å². The van der Waals surface area contributed by atoms with Gasteiger partial charge in [0.05, 0.1) is 19.3 Å². The molecule has 0 aromatic heterocycles. The molecule has 3 rings (SSSR count). The van der Waals surface area contributed by atoms with Gasteiger partial charge < -0.3 is 14.8 Å². The van der Waals surface area contributed by atoms with Crippen LogP contribution in [0.4, 0.5) is 14.5 Å². The third-order valence-corrected chi connectivity index (χ3v) is 4.57. The lowest BCUT2D eigenvalue weighted by molar-refractivity contribution is -0.117. The van der Waals surface area contributed by atoms with Gasteiger partial charge in [0.2, 0.25) is 5.91 Å². The van der Waals surface area contributed by atoms with Crippen molar-refractivity contribution in [3.8, 4) is 11.5 Å². The molecule has 1 aliphatic rings. The van der Waals surface area contributed by atoms with Gasteiger partial charge in [-0.15, -0.1) is 0 Å². The molecule has 2 aromatic rings. The highest BCUT2D eigenvalue weighted by Crippen LogP contribution is 2.33. The van der Waals surface area contributed by atoms with Crippen molar-refractivity contribution < 1.29 is 23.0 Å². The standard InChI is InChI=1S/C20H22F2N2O3/c1-26-15-7-4-6-14(12-15)17-9-5-11-24(17)13-19(25)23-16-8-2-3-10-18(16)27-20(21)22/h2-4,6-8,10,12,17,20H,5,9,11,13H2,1H3,(H,23,25). The average Bonchev–Trinajstić information content (AvgIpc) is 3.11. The van der Waals surface area contributed by atoms with E-state index in [0.29, 0.717) is 0 Å². The summed E-state index contributed by atoms with van der Waals surface area (Å²) in [5.41, 5.74) is 1.33. The molecule has 0 aliphatic carbocycles. The van der Waals surface area contributed by atoms with Crippen molar-refractivity contribution in [3.63, 3.8) is 0 Å². The number of amides is 1. The number of hydrogen-bond acceptors (Lipinski definition) is 4. The highest BCUT2D eigenvalue weighted by atomic mass is 19.3. The summed E-state index contributed by atoms with van der Waals surface area (Å²) in [5.74, 6) is 0.462. The molecule has 144 valence electrons. The molecule has 1 atom stereocenters. The van der Waals surface area contributed by atoms with Gasteiger partial charge in [0.1, 0.15) is 11.5 Å². The van der Waals surface area contributed by atoms with E-state index in [-0.39, 0.29) is 29.9 Å². The third kappa shape index (κ3) is 4.95. The number of hydrogen-bond donors (Lipinski definition) is 1. The first kappa shape index (κ1) is 19.1. The summed E-state index contributed by atoms with van der Waals surface area (Å²) in [4.78, 5) is 14.6. The molecule has 27 heavy (non-hydrogen) atoms. The van der Waals surface area contributed by atoms with Crippen molar-refractivity contribution in [2.75, 3.05) is 25.5 Å². The Morgan fingerprint density at radius 3 is 2.85 bits per heavy atom. The zero-order chi connectivity index (χ0) is 19.2. The van der Waals surface area contributed by atoms with Gasteiger partial charge in [-0.05, 0) is 49.2 Å². The van der Waals surface area contributed by atoms with E-state index in [2.05, 4.69) is 15.0 Å². The minimum Gasteiger partial charge on any atom is -0.497 e. The zero-order valence-corrected chi connectivity index (χ0v) is 15.0. The molecule has 5 nitrogen and oxygen atoms in total. The maximum atomic E-state index is 12.5. The van der Waals surface area contributed by atoms with E-state index in [0.717, 1.165) is 30.7 Å². The molecule has 1 N–H and O–H groups in total. The lowest BCUT2D eigenvalue weighted by atomic mass is 10.0. The molecule has 1 unspecified atom stereocenters. The summed E-state index contributed by atoms with van der Waals surface area (Å²) in [6, 6.07) is 14.1. The van der Waals surface area contributed by atoms with Crippen LogP contribution in [-0.4, -0.2) is 37.6 Å². The topological polar surface area (TPSA) is 50.8 Å². The van der Waals surface area contributed by atoms with E-state index >= 15 is 0 Å². The van der Waals surface area contributed by atoms with Crippen LogP contribution in [0.5, 0.6) is 11.5 Å². The SMILES string of the molecule is COc1cccc(C2CCCN2CC(=O)Nc2ccccc2OC(F)F)c1. The van der Waals surface area contributed by atoms with Gasteiger partial charge in [-0.2, -0.15) is 8.78 Å². The number of anilines is 1. The predicted molar refractivity (Wildman–Crippen MR) is 98.2 cm³/mol. The van der Waals surface area contributed by atoms with Crippen LogP contribution in [0.25, 0.3) is 0 Å². The predicted octanol–water partition coefficient (Wildman–Crippen LogP) is 4.07. The molecule has 7 heteroatoms. The largest absolute Gasteiger partial charge is 0.497 e. The van der Waals surface area contributed by atoms with Crippen LogP contribution in [0.3, 0.4) is 0 Å². The number of likely N-dealkylation sites (tertiary alicyclic amines) is 1. The van der Waals surface area contributed by atoms with Crippen molar-refractivity contribution in [1.82, 2.24) is 4.90 Å². The van der Waals surface area contributed by atoms with Crippen molar-refractivity contribution >= 4 is 11.6 Å². The highest BCUT2D eigenvalue weighted by molar-refractivity contribution is 5.93. The number of para-hydroxylation sites is 2. The summed E-state index contributed by atoms with van der Waals surface area (Å²) < 4.78 is 34.8. The average molecular weight is 376 g/mol. The Labute approximate surface area is 156 Å². The number of benzene rings is 2. The number of ether oxygens (including phenoxy) is 2. The molecule has 1 heterocycles. The first-order chi connectivity index (χ1) is 13.1. The monoisotopic (exact) mass is 376 g/mol. The molecule has 1 aliphatic heterocycles. The zero-order valence-electron chi connectivity index (χ0n) is 15.0. The molecular formula is C20H22F2N2O3. The fraction of sp³-hybridized carbons (Fsp3) is 0.350. The Morgan fingerprint density at radius 1 is 1.26 bits per heavy atom. The van der Waals surface area contributed by atoms with Gasteiger partial charge in [0.25, 0.3) is 0 Å². The number of rotatable bonds is 7. The first-order valence-corrected chi connectivity index (χ1v) is 8.78. The molecule has 0 radical (unpaired) electrons. The number of alkyl halides is 2. The van der Waals surface area contributed by atoms with Crippen LogP contribution in [0.15, 0.2) is 48.5 Å². The maximum Gasteiger partial charge on any atom is 0.387 e. The molecule has 2 aromatic carbocycles. The van der Waals surface area contributed by atoms with E-state index < -0.39 is 6.61 Å². The lowest BCUT2D eigenvalue weighted by Crippen LogP contribution is -2.33. The van der Waals surface area contributed by atoms with E-state index in [1.54, 1.807) is 25.3 Å². The number of methoxy groups -OCH3 is 1. The van der Waals surface area contributed by atoms with E-state index in [1.807, 2.05) is 24.3 Å². The second-order valence-corrected chi connectivity index (χ2v) is 6.33. The summed E-state index contributed by atoms with van der Waals surface area (Å²) >= 11 is 0. The molecule has 0 saturated carbocycles. The molecule has 0 bridgehead atoms. The van der Waals surface area contributed by atoms with Crippen molar-refractivity contribution in [2.24, 2.45) is 0 Å². The normalized spacial score (nSPS) is 17.1. The molecule has 1 amide bonds. The second-order valence-electron chi connectivity index (χ2n) is 6.33. The maximum absolute atomic E-state index is 12.5. The Balaban J connectivity index is 1.67. The Morgan fingerprint density at radius 2 is 2.07 bits per heavy atom. The third-order valence-electron chi connectivity index (χ3n) is 4.57.